The first-order valence-corrected chi connectivity index (χ1v) is 5.19. The Hall–Kier alpha value is -2.09. The van der Waals surface area contributed by atoms with Gasteiger partial charge < -0.3 is 0 Å². The van der Waals surface area contributed by atoms with Gasteiger partial charge in [0.25, 0.3) is 0 Å². The zero-order valence-electron chi connectivity index (χ0n) is 9.41. The molecule has 2 aromatic rings. The number of rotatable bonds is 3. The Morgan fingerprint density at radius 3 is 1.94 bits per heavy atom. The van der Waals surface area contributed by atoms with Crippen LogP contribution in [0.4, 0.5) is 0 Å². The van der Waals surface area contributed by atoms with Gasteiger partial charge in [0.05, 0.1) is 0 Å². The molecule has 3 radical (unpaired) electrons. The summed E-state index contributed by atoms with van der Waals surface area (Å²) in [5, 5.41) is 0. The molecule has 0 spiro atoms. The topological polar surface area (TPSA) is 17.1 Å². The molecule has 0 N–H and O–H groups in total. The minimum atomic E-state index is 0. The minimum absolute atomic E-state index is 0. The lowest BCUT2D eigenvalue weighted by atomic mass is 10.1. The highest BCUT2D eigenvalue weighted by Gasteiger charge is 1.98. The molecule has 0 unspecified atom stereocenters. The van der Waals surface area contributed by atoms with Crippen LogP contribution in [0.1, 0.15) is 15.9 Å². The standard InChI is InChI=1S/C15H12O.B/c16-15(14-9-5-2-6-10-14)12-11-13-7-3-1-4-8-13;/h1-12H;. The zero-order chi connectivity index (χ0) is 11.2. The molecule has 0 fully saturated rings. The molecule has 0 aromatic heterocycles. The molecule has 17 heavy (non-hydrogen) atoms. The van der Waals surface area contributed by atoms with Crippen molar-refractivity contribution >= 4 is 20.3 Å². The first-order valence-electron chi connectivity index (χ1n) is 5.19. The first-order chi connectivity index (χ1) is 7.86. The van der Waals surface area contributed by atoms with Gasteiger partial charge in [0.15, 0.2) is 5.78 Å². The molecule has 0 saturated heterocycles. The predicted octanol–water partition coefficient (Wildman–Crippen LogP) is 3.20. The van der Waals surface area contributed by atoms with Crippen molar-refractivity contribution < 1.29 is 4.79 Å². The van der Waals surface area contributed by atoms with Crippen molar-refractivity contribution in [2.24, 2.45) is 0 Å². The van der Waals surface area contributed by atoms with E-state index in [0.717, 1.165) is 11.1 Å². The highest BCUT2D eigenvalue weighted by molar-refractivity contribution is 6.06. The SMILES string of the molecule is O=C(C=Cc1ccccc1)c1ccccc1.[B]. The van der Waals surface area contributed by atoms with Gasteiger partial charge in [-0.05, 0) is 11.6 Å². The van der Waals surface area contributed by atoms with E-state index < -0.39 is 0 Å². The lowest BCUT2D eigenvalue weighted by Gasteiger charge is -1.94. The Morgan fingerprint density at radius 2 is 1.35 bits per heavy atom. The summed E-state index contributed by atoms with van der Waals surface area (Å²) in [5.74, 6) is 0.0319. The Balaban J connectivity index is 0.00000144. The van der Waals surface area contributed by atoms with Crippen molar-refractivity contribution in [1.82, 2.24) is 0 Å². The molecule has 0 bridgehead atoms. The smallest absolute Gasteiger partial charge is 0.185 e. The maximum absolute atomic E-state index is 11.7. The average Bonchev–Trinajstić information content (AvgIpc) is 2.38. The lowest BCUT2D eigenvalue weighted by molar-refractivity contribution is 0.104. The molecule has 0 heterocycles. The van der Waals surface area contributed by atoms with E-state index >= 15 is 0 Å². The van der Waals surface area contributed by atoms with Crippen LogP contribution in [0, 0.1) is 0 Å². The summed E-state index contributed by atoms with van der Waals surface area (Å²) in [5.41, 5.74) is 1.75. The summed E-state index contributed by atoms with van der Waals surface area (Å²) >= 11 is 0. The van der Waals surface area contributed by atoms with Gasteiger partial charge >= 0.3 is 0 Å². The van der Waals surface area contributed by atoms with Crippen LogP contribution < -0.4 is 0 Å². The summed E-state index contributed by atoms with van der Waals surface area (Å²) in [7, 11) is 0. The largest absolute Gasteiger partial charge is 0.289 e. The molecule has 0 saturated carbocycles. The lowest BCUT2D eigenvalue weighted by Crippen LogP contribution is -1.92. The fraction of sp³-hybridized carbons (Fsp3) is 0. The van der Waals surface area contributed by atoms with Crippen LogP contribution in [-0.2, 0) is 0 Å². The minimum Gasteiger partial charge on any atom is -0.289 e. The summed E-state index contributed by atoms with van der Waals surface area (Å²) in [6.07, 6.45) is 3.43. The van der Waals surface area contributed by atoms with E-state index in [-0.39, 0.29) is 14.2 Å². The third kappa shape index (κ3) is 3.76. The van der Waals surface area contributed by atoms with Gasteiger partial charge in [-0.1, -0.05) is 66.7 Å². The van der Waals surface area contributed by atoms with Crippen LogP contribution in [0.15, 0.2) is 66.7 Å². The Labute approximate surface area is 103 Å². The Bertz CT molecular complexity index is 489. The van der Waals surface area contributed by atoms with Crippen molar-refractivity contribution in [3.8, 4) is 0 Å². The van der Waals surface area contributed by atoms with Crippen LogP contribution in [0.3, 0.4) is 0 Å². The van der Waals surface area contributed by atoms with Gasteiger partial charge in [-0.2, -0.15) is 0 Å². The summed E-state index contributed by atoms with van der Waals surface area (Å²) in [6, 6.07) is 19.1. The van der Waals surface area contributed by atoms with Crippen molar-refractivity contribution in [3.63, 3.8) is 0 Å². The molecule has 2 heteroatoms. The molecule has 0 aliphatic rings. The number of carbonyl (C=O) groups is 1. The average molecular weight is 219 g/mol. The highest BCUT2D eigenvalue weighted by Crippen LogP contribution is 2.05. The van der Waals surface area contributed by atoms with Gasteiger partial charge in [-0.15, -0.1) is 0 Å². The summed E-state index contributed by atoms with van der Waals surface area (Å²) in [4.78, 5) is 11.7. The van der Waals surface area contributed by atoms with Gasteiger partial charge in [-0.3, -0.25) is 4.79 Å². The second kappa shape index (κ2) is 6.49. The number of ketones is 1. The molecule has 1 nitrogen and oxygen atoms in total. The van der Waals surface area contributed by atoms with Crippen LogP contribution in [-0.4, -0.2) is 14.2 Å². The molecule has 0 aliphatic carbocycles. The number of hydrogen-bond acceptors (Lipinski definition) is 1. The molecule has 0 amide bonds. The number of benzene rings is 2. The first kappa shape index (κ1) is 13.0. The van der Waals surface area contributed by atoms with Crippen LogP contribution >= 0.6 is 0 Å². The molecule has 0 atom stereocenters. The fourth-order valence-corrected chi connectivity index (χ4v) is 1.43. The maximum Gasteiger partial charge on any atom is 0.185 e. The predicted molar refractivity (Wildman–Crippen MR) is 72.0 cm³/mol. The van der Waals surface area contributed by atoms with Gasteiger partial charge in [-0.25, -0.2) is 0 Å². The third-order valence-electron chi connectivity index (χ3n) is 2.29. The van der Waals surface area contributed by atoms with E-state index in [2.05, 4.69) is 0 Å². The van der Waals surface area contributed by atoms with E-state index in [9.17, 15) is 4.79 Å². The Morgan fingerprint density at radius 1 is 0.824 bits per heavy atom. The third-order valence-corrected chi connectivity index (χ3v) is 2.29. The fourth-order valence-electron chi connectivity index (χ4n) is 1.43. The summed E-state index contributed by atoms with van der Waals surface area (Å²) in [6.45, 7) is 0. The van der Waals surface area contributed by atoms with E-state index in [1.807, 2.05) is 66.7 Å². The van der Waals surface area contributed by atoms with Crippen molar-refractivity contribution in [2.45, 2.75) is 0 Å². The normalized spacial score (nSPS) is 9.88. The summed E-state index contributed by atoms with van der Waals surface area (Å²) < 4.78 is 0. The number of carbonyl (C=O) groups excluding carboxylic acids is 1. The Kier molecular flexibility index (Phi) is 4.95. The van der Waals surface area contributed by atoms with Crippen molar-refractivity contribution in [2.75, 3.05) is 0 Å². The molecule has 0 aliphatic heterocycles. The number of allylic oxidation sites excluding steroid dienone is 1. The molecule has 2 rings (SSSR count). The van der Waals surface area contributed by atoms with Gasteiger partial charge in [0, 0.05) is 14.0 Å². The van der Waals surface area contributed by atoms with E-state index in [0.29, 0.717) is 0 Å². The highest BCUT2D eigenvalue weighted by atomic mass is 16.1. The van der Waals surface area contributed by atoms with E-state index in [1.165, 1.54) is 0 Å². The van der Waals surface area contributed by atoms with E-state index in [4.69, 9.17) is 0 Å². The quantitative estimate of drug-likeness (QED) is 0.440. The second-order valence-electron chi connectivity index (χ2n) is 3.47. The maximum atomic E-state index is 11.7. The van der Waals surface area contributed by atoms with Crippen LogP contribution in [0.5, 0.6) is 0 Å². The monoisotopic (exact) mass is 219 g/mol. The van der Waals surface area contributed by atoms with Crippen LogP contribution in [0.2, 0.25) is 0 Å². The molecular formula is C15H12BO. The number of hydrogen-bond donors (Lipinski definition) is 0. The second-order valence-corrected chi connectivity index (χ2v) is 3.47. The molecule has 2 aromatic carbocycles. The van der Waals surface area contributed by atoms with Crippen molar-refractivity contribution in [3.05, 3.63) is 77.9 Å². The van der Waals surface area contributed by atoms with Crippen molar-refractivity contribution in [1.29, 1.82) is 0 Å². The zero-order valence-corrected chi connectivity index (χ0v) is 9.41. The molecule has 81 valence electrons. The van der Waals surface area contributed by atoms with Crippen LogP contribution in [0.25, 0.3) is 6.08 Å². The van der Waals surface area contributed by atoms with Gasteiger partial charge in [0.1, 0.15) is 0 Å². The molecular weight excluding hydrogens is 207 g/mol. The van der Waals surface area contributed by atoms with Gasteiger partial charge in [0.2, 0.25) is 0 Å². The van der Waals surface area contributed by atoms with E-state index in [1.54, 1.807) is 6.08 Å².